The average Bonchev–Trinajstić information content (AvgIpc) is 3.17. The number of halogens is 3. The molecule has 1 aliphatic heterocycles. The average molecular weight is 463 g/mol. The second kappa shape index (κ2) is 8.60. The number of nitrogens with one attached hydrogen (secondary N) is 1. The Morgan fingerprint density at radius 1 is 1.17 bits per heavy atom. The first-order valence-corrected chi connectivity index (χ1v) is 11.6. The van der Waals surface area contributed by atoms with Gasteiger partial charge in [0.1, 0.15) is 0 Å². The third kappa shape index (κ3) is 4.98. The first kappa shape index (κ1) is 22.6. The lowest BCUT2D eigenvalue weighted by Gasteiger charge is -2.30. The molecule has 1 amide bonds. The Kier molecular flexibility index (Phi) is 6.48. The summed E-state index contributed by atoms with van der Waals surface area (Å²) in [5, 5.41) is 7.34. The fraction of sp³-hybridized carbons (Fsp3) is 0.500. The first-order valence-electron chi connectivity index (χ1n) is 9.30. The predicted molar refractivity (Wildman–Crippen MR) is 106 cm³/mol. The summed E-state index contributed by atoms with van der Waals surface area (Å²) < 4.78 is 64.7. The molecule has 0 saturated carbocycles. The van der Waals surface area contributed by atoms with Crippen molar-refractivity contribution in [2.75, 3.05) is 18.4 Å². The zero-order chi connectivity index (χ0) is 22.1. The highest BCUT2D eigenvalue weighted by molar-refractivity contribution is 7.89. The molecule has 1 N–H and O–H groups in total. The molecular formula is C18H21F3N4O3S2. The summed E-state index contributed by atoms with van der Waals surface area (Å²) in [6, 6.07) is 6.73. The number of benzene rings is 1. The third-order valence-electron chi connectivity index (χ3n) is 4.91. The van der Waals surface area contributed by atoms with Gasteiger partial charge in [-0.2, -0.15) is 17.5 Å². The molecule has 0 spiro atoms. The molecule has 2 heterocycles. The van der Waals surface area contributed by atoms with Crippen molar-refractivity contribution >= 4 is 32.4 Å². The van der Waals surface area contributed by atoms with E-state index in [4.69, 9.17) is 0 Å². The molecule has 1 aromatic heterocycles. The van der Waals surface area contributed by atoms with Crippen molar-refractivity contribution in [2.24, 2.45) is 5.92 Å². The number of carbonyl (C=O) groups excluding carboxylic acids is 1. The molecule has 0 unspecified atom stereocenters. The van der Waals surface area contributed by atoms with Gasteiger partial charge in [-0.25, -0.2) is 8.42 Å². The second-order valence-corrected chi connectivity index (χ2v) is 10.2. The lowest BCUT2D eigenvalue weighted by atomic mass is 9.97. The molecule has 0 aliphatic carbocycles. The number of aromatic nitrogens is 2. The first-order chi connectivity index (χ1) is 14.0. The minimum atomic E-state index is -4.62. The number of rotatable bonds is 5. The summed E-state index contributed by atoms with van der Waals surface area (Å²) in [4.78, 5) is 12.5. The number of sulfonamides is 1. The number of alkyl halides is 3. The largest absolute Gasteiger partial charge is 0.445 e. The van der Waals surface area contributed by atoms with E-state index in [-0.39, 0.29) is 53.2 Å². The van der Waals surface area contributed by atoms with Gasteiger partial charge < -0.3 is 5.32 Å². The van der Waals surface area contributed by atoms with Crippen molar-refractivity contribution in [2.45, 2.75) is 43.7 Å². The summed E-state index contributed by atoms with van der Waals surface area (Å²) in [5.74, 6) is -0.715. The van der Waals surface area contributed by atoms with Gasteiger partial charge in [0.2, 0.25) is 26.1 Å². The van der Waals surface area contributed by atoms with Crippen molar-refractivity contribution in [1.29, 1.82) is 0 Å². The van der Waals surface area contributed by atoms with Crippen LogP contribution >= 0.6 is 11.3 Å². The number of amides is 1. The lowest BCUT2D eigenvalue weighted by molar-refractivity contribution is -0.138. The summed E-state index contributed by atoms with van der Waals surface area (Å²) in [5.41, 5.74) is 1.04. The Morgan fingerprint density at radius 3 is 2.27 bits per heavy atom. The van der Waals surface area contributed by atoms with Crippen LogP contribution in [-0.4, -0.2) is 41.9 Å². The van der Waals surface area contributed by atoms with Crippen LogP contribution in [-0.2, 0) is 21.0 Å². The molecule has 7 nitrogen and oxygen atoms in total. The summed E-state index contributed by atoms with van der Waals surface area (Å²) >= 11 is 0.252. The number of hydrogen-bond donors (Lipinski definition) is 1. The zero-order valence-electron chi connectivity index (χ0n) is 16.3. The maximum atomic E-state index is 12.8. The number of carbonyl (C=O) groups is 1. The molecule has 164 valence electrons. The highest BCUT2D eigenvalue weighted by Crippen LogP contribution is 2.33. The molecule has 0 bridgehead atoms. The monoisotopic (exact) mass is 462 g/mol. The molecule has 0 atom stereocenters. The van der Waals surface area contributed by atoms with Gasteiger partial charge in [-0.1, -0.05) is 37.3 Å². The van der Waals surface area contributed by atoms with Crippen molar-refractivity contribution in [1.82, 2.24) is 14.5 Å². The van der Waals surface area contributed by atoms with E-state index in [0.29, 0.717) is 0 Å². The van der Waals surface area contributed by atoms with Crippen molar-refractivity contribution < 1.29 is 26.4 Å². The van der Waals surface area contributed by atoms with Gasteiger partial charge in [0.05, 0.1) is 4.90 Å². The maximum Gasteiger partial charge on any atom is 0.445 e. The van der Waals surface area contributed by atoms with E-state index in [9.17, 15) is 26.4 Å². The molecule has 30 heavy (non-hydrogen) atoms. The molecule has 12 heteroatoms. The summed E-state index contributed by atoms with van der Waals surface area (Å²) in [6.07, 6.45) is -4.09. The second-order valence-electron chi connectivity index (χ2n) is 7.30. The van der Waals surface area contributed by atoms with Crippen LogP contribution in [0.5, 0.6) is 0 Å². The van der Waals surface area contributed by atoms with Crippen molar-refractivity contribution in [3.63, 3.8) is 0 Å². The Balaban J connectivity index is 1.59. The van der Waals surface area contributed by atoms with Gasteiger partial charge in [0.15, 0.2) is 0 Å². The molecule has 1 fully saturated rings. The topological polar surface area (TPSA) is 92.3 Å². The smallest absolute Gasteiger partial charge is 0.300 e. The van der Waals surface area contributed by atoms with Gasteiger partial charge in [0, 0.05) is 19.0 Å². The highest BCUT2D eigenvalue weighted by Gasteiger charge is 2.36. The van der Waals surface area contributed by atoms with Crippen LogP contribution in [0.2, 0.25) is 0 Å². The Hall–Kier alpha value is -2.05. The van der Waals surface area contributed by atoms with Crippen LogP contribution in [0.15, 0.2) is 29.2 Å². The number of nitrogens with zero attached hydrogens (tertiary/aromatic N) is 3. The fourth-order valence-electron chi connectivity index (χ4n) is 3.13. The number of piperidine rings is 1. The van der Waals surface area contributed by atoms with Crippen molar-refractivity contribution in [3.8, 4) is 0 Å². The van der Waals surface area contributed by atoms with E-state index in [0.717, 1.165) is 5.56 Å². The molecule has 1 aliphatic rings. The van der Waals surface area contributed by atoms with Crippen LogP contribution in [0.25, 0.3) is 0 Å². The number of hydrogen-bond acceptors (Lipinski definition) is 6. The van der Waals surface area contributed by atoms with E-state index < -0.39 is 33.0 Å². The number of anilines is 1. The van der Waals surface area contributed by atoms with E-state index >= 15 is 0 Å². The fourth-order valence-corrected chi connectivity index (χ4v) is 5.21. The van der Waals surface area contributed by atoms with Gasteiger partial charge in [0.25, 0.3) is 0 Å². The molecule has 1 saturated heterocycles. The van der Waals surface area contributed by atoms with E-state index in [1.165, 1.54) is 4.31 Å². The third-order valence-corrected chi connectivity index (χ3v) is 7.70. The van der Waals surface area contributed by atoms with Gasteiger partial charge in [-0.3, -0.25) is 4.79 Å². The van der Waals surface area contributed by atoms with Crippen LogP contribution in [0, 0.1) is 5.92 Å². The van der Waals surface area contributed by atoms with Crippen LogP contribution in [0.3, 0.4) is 0 Å². The Bertz CT molecular complexity index is 996. The minimum Gasteiger partial charge on any atom is -0.300 e. The molecular weight excluding hydrogens is 441 g/mol. The lowest BCUT2D eigenvalue weighted by Crippen LogP contribution is -2.41. The molecule has 3 rings (SSSR count). The molecule has 1 aromatic carbocycles. The Labute approximate surface area is 176 Å². The quantitative estimate of drug-likeness (QED) is 0.731. The summed E-state index contributed by atoms with van der Waals surface area (Å²) in [6.45, 7) is 4.34. The highest BCUT2D eigenvalue weighted by atomic mass is 32.2. The van der Waals surface area contributed by atoms with Crippen LogP contribution < -0.4 is 5.32 Å². The normalized spacial score (nSPS) is 16.7. The standard InChI is InChI=1S/C18H21F3N4O3S2/c1-11(2)12-3-5-14(6-4-12)30(27,28)25-9-7-13(8-10-25)15(26)22-17-24-23-16(29-17)18(19,20)21/h3-6,11,13H,7-10H2,1-2H3,(H,22,24,26). The van der Waals surface area contributed by atoms with Gasteiger partial charge >= 0.3 is 6.18 Å². The van der Waals surface area contributed by atoms with Crippen LogP contribution in [0.1, 0.15) is 43.2 Å². The van der Waals surface area contributed by atoms with Gasteiger partial charge in [-0.05, 0) is 36.5 Å². The minimum absolute atomic E-state index is 0.149. The maximum absolute atomic E-state index is 12.8. The van der Waals surface area contributed by atoms with Crippen LogP contribution in [0.4, 0.5) is 18.3 Å². The van der Waals surface area contributed by atoms with E-state index in [1.807, 2.05) is 13.8 Å². The van der Waals surface area contributed by atoms with Crippen molar-refractivity contribution in [3.05, 3.63) is 34.8 Å². The predicted octanol–water partition coefficient (Wildman–Crippen LogP) is 3.72. The summed E-state index contributed by atoms with van der Waals surface area (Å²) in [7, 11) is -3.67. The Morgan fingerprint density at radius 2 is 1.77 bits per heavy atom. The van der Waals surface area contributed by atoms with E-state index in [2.05, 4.69) is 15.5 Å². The van der Waals surface area contributed by atoms with Gasteiger partial charge in [-0.15, -0.1) is 10.2 Å². The zero-order valence-corrected chi connectivity index (χ0v) is 17.9. The molecule has 0 radical (unpaired) electrons. The molecule has 2 aromatic rings. The SMILES string of the molecule is CC(C)c1ccc(S(=O)(=O)N2CCC(C(=O)Nc3nnc(C(F)(F)F)s3)CC2)cc1. The van der Waals surface area contributed by atoms with E-state index in [1.54, 1.807) is 24.3 Å².